The summed E-state index contributed by atoms with van der Waals surface area (Å²) >= 11 is 0. The number of ether oxygens (including phenoxy) is 1. The Kier molecular flexibility index (Phi) is 5.39. The fraction of sp³-hybridized carbons (Fsp3) is 0.182. The van der Waals surface area contributed by atoms with Crippen LogP contribution < -0.4 is 10.1 Å². The molecule has 2 aromatic heterocycles. The maximum atomic E-state index is 13.6. The molecule has 1 N–H and O–H groups in total. The van der Waals surface area contributed by atoms with Crippen LogP contribution in [0, 0.1) is 5.82 Å². The van der Waals surface area contributed by atoms with E-state index < -0.39 is 0 Å². The summed E-state index contributed by atoms with van der Waals surface area (Å²) in [4.78, 5) is 6.59. The second-order valence-corrected chi connectivity index (χ2v) is 6.93. The Morgan fingerprint density at radius 2 is 1.83 bits per heavy atom. The van der Waals surface area contributed by atoms with Crippen LogP contribution in [0.15, 0.2) is 66.7 Å². The summed E-state index contributed by atoms with van der Waals surface area (Å²) in [7, 11) is 4.02. The molecule has 2 aromatic carbocycles. The standard InChI is InChI=1S/C22H22FN5O/c1-27(2)13-14-29-19-11-9-18(10-12-19)24-22-25-21-8-4-7-20(28(21)26-22)16-5-3-6-17(23)15-16/h3-12,15H,13-14H2,1-2H3,(H,24,26). The minimum absolute atomic E-state index is 0.286. The monoisotopic (exact) mass is 391 g/mol. The zero-order valence-electron chi connectivity index (χ0n) is 16.3. The van der Waals surface area contributed by atoms with Gasteiger partial charge in [-0.3, -0.25) is 0 Å². The van der Waals surface area contributed by atoms with E-state index in [9.17, 15) is 4.39 Å². The third-order valence-corrected chi connectivity index (χ3v) is 4.40. The molecule has 0 fully saturated rings. The summed E-state index contributed by atoms with van der Waals surface area (Å²) in [5, 5.41) is 7.74. The topological polar surface area (TPSA) is 54.7 Å². The lowest BCUT2D eigenvalue weighted by Crippen LogP contribution is -2.19. The molecule has 7 heteroatoms. The van der Waals surface area contributed by atoms with Crippen molar-refractivity contribution in [2.75, 3.05) is 32.6 Å². The summed E-state index contributed by atoms with van der Waals surface area (Å²) in [5.41, 5.74) is 3.05. The smallest absolute Gasteiger partial charge is 0.247 e. The lowest BCUT2D eigenvalue weighted by molar-refractivity contribution is 0.261. The third kappa shape index (κ3) is 4.52. The predicted molar refractivity (Wildman–Crippen MR) is 112 cm³/mol. The first-order chi connectivity index (χ1) is 14.1. The number of pyridine rings is 1. The Morgan fingerprint density at radius 3 is 2.59 bits per heavy atom. The molecule has 0 aliphatic rings. The van der Waals surface area contributed by atoms with Gasteiger partial charge in [-0.05, 0) is 62.6 Å². The fourth-order valence-corrected chi connectivity index (χ4v) is 2.93. The van der Waals surface area contributed by atoms with Gasteiger partial charge in [0, 0.05) is 17.8 Å². The number of nitrogens with one attached hydrogen (secondary N) is 1. The van der Waals surface area contributed by atoms with Crippen LogP contribution >= 0.6 is 0 Å². The van der Waals surface area contributed by atoms with Gasteiger partial charge >= 0.3 is 0 Å². The van der Waals surface area contributed by atoms with Gasteiger partial charge in [-0.25, -0.2) is 8.91 Å². The van der Waals surface area contributed by atoms with Crippen molar-refractivity contribution in [3.8, 4) is 17.0 Å². The Balaban J connectivity index is 1.52. The molecular weight excluding hydrogens is 369 g/mol. The number of nitrogens with zero attached hydrogens (tertiary/aromatic N) is 4. The van der Waals surface area contributed by atoms with Crippen LogP contribution in [0.25, 0.3) is 16.9 Å². The molecule has 148 valence electrons. The predicted octanol–water partition coefficient (Wildman–Crippen LogP) is 4.22. The van der Waals surface area contributed by atoms with Gasteiger partial charge in [0.2, 0.25) is 5.95 Å². The van der Waals surface area contributed by atoms with Crippen molar-refractivity contribution < 1.29 is 9.13 Å². The number of benzene rings is 2. The van der Waals surface area contributed by atoms with Gasteiger partial charge < -0.3 is 15.0 Å². The quantitative estimate of drug-likeness (QED) is 0.511. The zero-order valence-corrected chi connectivity index (χ0v) is 16.3. The average molecular weight is 391 g/mol. The van der Waals surface area contributed by atoms with Crippen LogP contribution in [0.5, 0.6) is 5.75 Å². The summed E-state index contributed by atoms with van der Waals surface area (Å²) < 4.78 is 21.0. The number of hydrogen-bond donors (Lipinski definition) is 1. The van der Waals surface area contributed by atoms with E-state index in [0.29, 0.717) is 18.2 Å². The van der Waals surface area contributed by atoms with Crippen molar-refractivity contribution in [2.45, 2.75) is 0 Å². The highest BCUT2D eigenvalue weighted by Gasteiger charge is 2.10. The summed E-state index contributed by atoms with van der Waals surface area (Å²) in [6.07, 6.45) is 0. The lowest BCUT2D eigenvalue weighted by atomic mass is 10.1. The van der Waals surface area contributed by atoms with Gasteiger partial charge in [-0.1, -0.05) is 18.2 Å². The number of anilines is 2. The number of likely N-dealkylation sites (N-methyl/N-ethyl adjacent to an activating group) is 1. The van der Waals surface area contributed by atoms with Crippen LogP contribution in [-0.2, 0) is 0 Å². The Hall–Kier alpha value is -3.45. The number of rotatable bonds is 7. The molecule has 0 spiro atoms. The van der Waals surface area contributed by atoms with Crippen molar-refractivity contribution >= 4 is 17.3 Å². The van der Waals surface area contributed by atoms with Gasteiger partial charge in [0.25, 0.3) is 0 Å². The zero-order chi connectivity index (χ0) is 20.2. The largest absolute Gasteiger partial charge is 0.492 e. The summed E-state index contributed by atoms with van der Waals surface area (Å²) in [6, 6.07) is 19.7. The first kappa shape index (κ1) is 18.9. The molecule has 4 rings (SSSR count). The molecule has 0 atom stereocenters. The van der Waals surface area contributed by atoms with E-state index in [-0.39, 0.29) is 5.82 Å². The van der Waals surface area contributed by atoms with Crippen LogP contribution in [0.2, 0.25) is 0 Å². The summed E-state index contributed by atoms with van der Waals surface area (Å²) in [6.45, 7) is 1.50. The van der Waals surface area contributed by atoms with Gasteiger partial charge in [-0.2, -0.15) is 4.98 Å². The van der Waals surface area contributed by atoms with Gasteiger partial charge in [-0.15, -0.1) is 5.10 Å². The molecule has 0 aliphatic heterocycles. The summed E-state index contributed by atoms with van der Waals surface area (Å²) in [5.74, 6) is 0.995. The van der Waals surface area contributed by atoms with Crippen molar-refractivity contribution in [3.63, 3.8) is 0 Å². The van der Waals surface area contributed by atoms with Crippen molar-refractivity contribution in [2.24, 2.45) is 0 Å². The second kappa shape index (κ2) is 8.28. The van der Waals surface area contributed by atoms with Crippen LogP contribution in [0.1, 0.15) is 0 Å². The number of halogens is 1. The van der Waals surface area contributed by atoms with E-state index in [2.05, 4.69) is 20.3 Å². The Morgan fingerprint density at radius 1 is 1.03 bits per heavy atom. The highest BCUT2D eigenvalue weighted by molar-refractivity contribution is 5.64. The molecule has 0 amide bonds. The van der Waals surface area contributed by atoms with Crippen molar-refractivity contribution in [1.29, 1.82) is 0 Å². The molecule has 0 saturated heterocycles. The number of fused-ring (bicyclic) bond motifs is 1. The minimum atomic E-state index is -0.286. The molecular formula is C22H22FN5O. The van der Waals surface area contributed by atoms with E-state index >= 15 is 0 Å². The molecule has 0 bridgehead atoms. The maximum Gasteiger partial charge on any atom is 0.247 e. The van der Waals surface area contributed by atoms with E-state index in [1.807, 2.05) is 62.6 Å². The van der Waals surface area contributed by atoms with E-state index in [1.54, 1.807) is 10.6 Å². The molecule has 4 aromatic rings. The third-order valence-electron chi connectivity index (χ3n) is 4.40. The number of hydrogen-bond acceptors (Lipinski definition) is 5. The fourth-order valence-electron chi connectivity index (χ4n) is 2.93. The van der Waals surface area contributed by atoms with Gasteiger partial charge in [0.05, 0.1) is 5.69 Å². The SMILES string of the molecule is CN(C)CCOc1ccc(Nc2nc3cccc(-c4cccc(F)c4)n3n2)cc1. The molecule has 6 nitrogen and oxygen atoms in total. The van der Waals surface area contributed by atoms with E-state index in [1.165, 1.54) is 12.1 Å². The lowest BCUT2D eigenvalue weighted by Gasteiger charge is -2.11. The van der Waals surface area contributed by atoms with E-state index in [4.69, 9.17) is 4.74 Å². The highest BCUT2D eigenvalue weighted by Crippen LogP contribution is 2.23. The normalized spacial score (nSPS) is 11.2. The average Bonchev–Trinajstić information content (AvgIpc) is 3.11. The first-order valence-electron chi connectivity index (χ1n) is 9.35. The van der Waals surface area contributed by atoms with Gasteiger partial charge in [0.1, 0.15) is 18.2 Å². The molecule has 0 radical (unpaired) electrons. The van der Waals surface area contributed by atoms with Crippen LogP contribution in [0.3, 0.4) is 0 Å². The maximum absolute atomic E-state index is 13.6. The van der Waals surface area contributed by atoms with Crippen molar-refractivity contribution in [1.82, 2.24) is 19.5 Å². The van der Waals surface area contributed by atoms with Gasteiger partial charge in [0.15, 0.2) is 5.65 Å². The molecule has 2 heterocycles. The molecule has 0 unspecified atom stereocenters. The van der Waals surface area contributed by atoms with Crippen LogP contribution in [-0.4, -0.2) is 46.7 Å². The second-order valence-electron chi connectivity index (χ2n) is 6.93. The minimum Gasteiger partial charge on any atom is -0.492 e. The first-order valence-corrected chi connectivity index (χ1v) is 9.35. The molecule has 29 heavy (non-hydrogen) atoms. The Bertz CT molecular complexity index is 1110. The van der Waals surface area contributed by atoms with Crippen LogP contribution in [0.4, 0.5) is 16.0 Å². The molecule has 0 saturated carbocycles. The highest BCUT2D eigenvalue weighted by atomic mass is 19.1. The van der Waals surface area contributed by atoms with Crippen molar-refractivity contribution in [3.05, 3.63) is 72.5 Å². The molecule has 0 aliphatic carbocycles. The Labute approximate surface area is 168 Å². The van der Waals surface area contributed by atoms with E-state index in [0.717, 1.165) is 29.2 Å². The number of aromatic nitrogens is 3.